The Morgan fingerprint density at radius 3 is 1.39 bits per heavy atom. The van der Waals surface area contributed by atoms with E-state index in [1.165, 1.54) is 69.9 Å². The molecule has 1 unspecified atom stereocenters. The number of hydrogen-bond donors (Lipinski definition) is 0. The van der Waals surface area contributed by atoms with Crippen LogP contribution in [0.4, 0.5) is 0 Å². The molecule has 0 aromatic carbocycles. The Bertz CT molecular complexity index is 160. The second-order valence-electron chi connectivity index (χ2n) is 5.81. The molecule has 0 spiro atoms. The van der Waals surface area contributed by atoms with Gasteiger partial charge < -0.3 is 0 Å². The fraction of sp³-hybridized carbons (Fsp3) is 1.00. The quantitative estimate of drug-likeness (QED) is 0.315. The first-order valence-electron chi connectivity index (χ1n) is 8.28. The Balaban J connectivity index is 4.72. The average molecular weight is 269 g/mol. The van der Waals surface area contributed by atoms with Crippen molar-refractivity contribution in [2.75, 3.05) is 18.5 Å². The minimum absolute atomic E-state index is 0.534. The van der Waals surface area contributed by atoms with Crippen LogP contribution in [0.15, 0.2) is 0 Å². The van der Waals surface area contributed by atoms with Crippen LogP contribution in [-0.4, -0.2) is 31.9 Å². The Labute approximate surface area is 118 Å². The highest BCUT2D eigenvalue weighted by Gasteiger charge is 2.39. The molecule has 0 fully saturated rings. The molecule has 0 bridgehead atoms. The molecule has 0 aliphatic rings. The monoisotopic (exact) mass is 269 g/mol. The SMILES string of the molecule is [B]C(CCC)[P+](CCCC)(CCCC)CCCC. The van der Waals surface area contributed by atoms with Gasteiger partial charge in [-0.15, -0.1) is 0 Å². The fourth-order valence-electron chi connectivity index (χ4n) is 2.82. The van der Waals surface area contributed by atoms with E-state index in [1.807, 2.05) is 0 Å². The Morgan fingerprint density at radius 2 is 1.11 bits per heavy atom. The summed E-state index contributed by atoms with van der Waals surface area (Å²) >= 11 is 0. The van der Waals surface area contributed by atoms with Crippen LogP contribution in [0.3, 0.4) is 0 Å². The summed E-state index contributed by atoms with van der Waals surface area (Å²) in [6.45, 7) is 9.24. The molecule has 0 N–H and O–H groups in total. The highest BCUT2D eigenvalue weighted by Crippen LogP contribution is 2.64. The second-order valence-corrected chi connectivity index (χ2v) is 10.2. The molecule has 0 heterocycles. The van der Waals surface area contributed by atoms with Crippen LogP contribution < -0.4 is 0 Å². The van der Waals surface area contributed by atoms with E-state index >= 15 is 0 Å². The topological polar surface area (TPSA) is 0 Å². The maximum absolute atomic E-state index is 6.64. The van der Waals surface area contributed by atoms with Crippen molar-refractivity contribution in [2.24, 2.45) is 0 Å². The molecule has 106 valence electrons. The molecule has 0 rings (SSSR count). The average Bonchev–Trinajstić information content (AvgIpc) is 2.38. The van der Waals surface area contributed by atoms with Crippen molar-refractivity contribution < 1.29 is 0 Å². The van der Waals surface area contributed by atoms with Gasteiger partial charge in [0.25, 0.3) is 0 Å². The van der Waals surface area contributed by atoms with Crippen LogP contribution in [0.2, 0.25) is 0 Å². The molecule has 0 aromatic rings. The van der Waals surface area contributed by atoms with E-state index in [2.05, 4.69) is 27.7 Å². The zero-order chi connectivity index (χ0) is 13.9. The smallest absolute Gasteiger partial charge is 0.0653 e. The van der Waals surface area contributed by atoms with E-state index in [0.29, 0.717) is 5.56 Å². The Kier molecular flexibility index (Phi) is 11.6. The van der Waals surface area contributed by atoms with Crippen LogP contribution in [-0.2, 0) is 0 Å². The standard InChI is InChI=1S/C16H35BP/c1-5-9-13-18(14-10-6-2,15-11-7-3)16(17)12-8-4/h16H,5-15H2,1-4H3/q+1. The van der Waals surface area contributed by atoms with E-state index in [-0.39, 0.29) is 0 Å². The van der Waals surface area contributed by atoms with Gasteiger partial charge in [-0.3, -0.25) is 0 Å². The molecule has 0 aliphatic carbocycles. The number of unbranched alkanes of at least 4 members (excludes halogenated alkanes) is 3. The highest BCUT2D eigenvalue weighted by atomic mass is 31.2. The third-order valence-electron chi connectivity index (χ3n) is 4.16. The molecular weight excluding hydrogens is 234 g/mol. The van der Waals surface area contributed by atoms with Gasteiger partial charge in [0.05, 0.1) is 18.5 Å². The second kappa shape index (κ2) is 11.3. The molecule has 0 saturated carbocycles. The molecule has 0 aromatic heterocycles. The third-order valence-corrected chi connectivity index (χ3v) is 9.44. The normalized spacial score (nSPS) is 13.8. The highest BCUT2D eigenvalue weighted by molar-refractivity contribution is 7.77. The van der Waals surface area contributed by atoms with Crippen LogP contribution in [0, 0.1) is 0 Å². The molecule has 18 heavy (non-hydrogen) atoms. The first-order valence-corrected chi connectivity index (χ1v) is 10.7. The van der Waals surface area contributed by atoms with Crippen LogP contribution in [0.25, 0.3) is 0 Å². The third kappa shape index (κ3) is 6.60. The first-order chi connectivity index (χ1) is 8.66. The van der Waals surface area contributed by atoms with E-state index < -0.39 is 7.26 Å². The summed E-state index contributed by atoms with van der Waals surface area (Å²) in [5.74, 6) is 0. The van der Waals surface area contributed by atoms with Gasteiger partial charge in [-0.25, -0.2) is 0 Å². The summed E-state index contributed by atoms with van der Waals surface area (Å²) in [4.78, 5) is 0. The van der Waals surface area contributed by atoms with E-state index in [0.717, 1.165) is 0 Å². The summed E-state index contributed by atoms with van der Waals surface area (Å²) in [6.07, 6.45) is 15.1. The Hall–Kier alpha value is 0.495. The molecular formula is C16H35BP+. The van der Waals surface area contributed by atoms with E-state index in [4.69, 9.17) is 7.85 Å². The minimum Gasteiger partial charge on any atom is -0.0653 e. The lowest BCUT2D eigenvalue weighted by Gasteiger charge is -2.34. The van der Waals surface area contributed by atoms with Crippen molar-refractivity contribution >= 4 is 15.1 Å². The zero-order valence-electron chi connectivity index (χ0n) is 13.4. The first kappa shape index (κ1) is 18.5. The lowest BCUT2D eigenvalue weighted by atomic mass is 10.00. The summed E-state index contributed by atoms with van der Waals surface area (Å²) < 4.78 is 0. The summed E-state index contributed by atoms with van der Waals surface area (Å²) in [5, 5.41) is 0. The van der Waals surface area contributed by atoms with Crippen LogP contribution >= 0.6 is 7.26 Å². The predicted octanol–water partition coefficient (Wildman–Crippen LogP) is 5.70. The number of hydrogen-bond acceptors (Lipinski definition) is 0. The molecule has 0 amide bonds. The van der Waals surface area contributed by atoms with Crippen LogP contribution in [0.5, 0.6) is 0 Å². The van der Waals surface area contributed by atoms with E-state index in [1.54, 1.807) is 0 Å². The maximum atomic E-state index is 6.64. The van der Waals surface area contributed by atoms with Gasteiger partial charge in [0, 0.05) is 12.8 Å². The zero-order valence-corrected chi connectivity index (χ0v) is 14.3. The maximum Gasteiger partial charge on any atom is 0.126 e. The van der Waals surface area contributed by atoms with Gasteiger partial charge in [-0.05, 0) is 25.7 Å². The van der Waals surface area contributed by atoms with Gasteiger partial charge in [0.15, 0.2) is 0 Å². The van der Waals surface area contributed by atoms with Gasteiger partial charge >= 0.3 is 0 Å². The molecule has 1 atom stereocenters. The van der Waals surface area contributed by atoms with Crippen LogP contribution in [0.1, 0.15) is 79.1 Å². The van der Waals surface area contributed by atoms with E-state index in [9.17, 15) is 0 Å². The van der Waals surface area contributed by atoms with Gasteiger partial charge in [0.1, 0.15) is 7.85 Å². The molecule has 2 heteroatoms. The molecule has 0 aliphatic heterocycles. The lowest BCUT2D eigenvalue weighted by Crippen LogP contribution is -2.22. The molecule has 2 radical (unpaired) electrons. The summed E-state index contributed by atoms with van der Waals surface area (Å²) in [7, 11) is 5.76. The fourth-order valence-corrected chi connectivity index (χ4v) is 8.13. The molecule has 0 saturated heterocycles. The number of rotatable bonds is 12. The minimum atomic E-state index is -0.876. The lowest BCUT2D eigenvalue weighted by molar-refractivity contribution is 0.798. The van der Waals surface area contributed by atoms with Crippen molar-refractivity contribution in [1.82, 2.24) is 0 Å². The van der Waals surface area contributed by atoms with Crippen molar-refractivity contribution in [3.05, 3.63) is 0 Å². The predicted molar refractivity (Wildman–Crippen MR) is 90.7 cm³/mol. The van der Waals surface area contributed by atoms with Crippen molar-refractivity contribution in [1.29, 1.82) is 0 Å². The summed E-state index contributed by atoms with van der Waals surface area (Å²) in [5.41, 5.74) is 0.534. The Morgan fingerprint density at radius 1 is 0.722 bits per heavy atom. The van der Waals surface area contributed by atoms with Crippen molar-refractivity contribution in [2.45, 2.75) is 84.6 Å². The van der Waals surface area contributed by atoms with Crippen molar-refractivity contribution in [3.63, 3.8) is 0 Å². The summed E-state index contributed by atoms with van der Waals surface area (Å²) in [6, 6.07) is 0. The van der Waals surface area contributed by atoms with Gasteiger partial charge in [-0.1, -0.05) is 53.4 Å². The van der Waals surface area contributed by atoms with Crippen molar-refractivity contribution in [3.8, 4) is 0 Å². The van der Waals surface area contributed by atoms with Gasteiger partial charge in [0.2, 0.25) is 0 Å². The largest absolute Gasteiger partial charge is 0.126 e. The molecule has 0 nitrogen and oxygen atoms in total. The van der Waals surface area contributed by atoms with Gasteiger partial charge in [-0.2, -0.15) is 0 Å².